The number of nitrogens with two attached hydrogens (primary N) is 2. The maximum atomic E-state index is 10.7. The summed E-state index contributed by atoms with van der Waals surface area (Å²) in [6.07, 6.45) is 2.25. The predicted molar refractivity (Wildman–Crippen MR) is 60.2 cm³/mol. The molecule has 0 spiro atoms. The molecule has 2 aromatic rings. The van der Waals surface area contributed by atoms with Crippen LogP contribution in [0.4, 0.5) is 5.69 Å². The molecule has 78 valence electrons. The van der Waals surface area contributed by atoms with E-state index in [-0.39, 0.29) is 5.91 Å². The van der Waals surface area contributed by atoms with E-state index in [0.29, 0.717) is 13.0 Å². The van der Waals surface area contributed by atoms with E-state index in [2.05, 4.69) is 0 Å². The monoisotopic (exact) mass is 203 g/mol. The molecule has 0 saturated carbocycles. The number of nitrogens with zero attached hydrogens (tertiary/aromatic N) is 1. The van der Waals surface area contributed by atoms with E-state index in [0.717, 1.165) is 16.6 Å². The molecule has 0 fully saturated rings. The minimum atomic E-state index is -0.300. The average molecular weight is 203 g/mol. The summed E-state index contributed by atoms with van der Waals surface area (Å²) >= 11 is 0. The van der Waals surface area contributed by atoms with Crippen molar-refractivity contribution in [2.45, 2.75) is 13.0 Å². The molecule has 0 radical (unpaired) electrons. The zero-order valence-electron chi connectivity index (χ0n) is 8.31. The molecular formula is C11H13N3O. The number of rotatable bonds is 3. The second-order valence-electron chi connectivity index (χ2n) is 3.51. The van der Waals surface area contributed by atoms with Gasteiger partial charge in [0, 0.05) is 24.5 Å². The van der Waals surface area contributed by atoms with E-state index in [9.17, 15) is 4.79 Å². The van der Waals surface area contributed by atoms with Crippen LogP contribution in [-0.4, -0.2) is 10.5 Å². The molecule has 0 aliphatic rings. The van der Waals surface area contributed by atoms with Gasteiger partial charge in [-0.25, -0.2) is 0 Å². The highest BCUT2D eigenvalue weighted by Crippen LogP contribution is 2.22. The van der Waals surface area contributed by atoms with Crippen molar-refractivity contribution in [2.75, 3.05) is 5.73 Å². The van der Waals surface area contributed by atoms with Gasteiger partial charge in [-0.2, -0.15) is 0 Å². The lowest BCUT2D eigenvalue weighted by Gasteiger charge is -2.05. The molecule has 2 rings (SSSR count). The first-order valence-electron chi connectivity index (χ1n) is 4.80. The summed E-state index contributed by atoms with van der Waals surface area (Å²) in [7, 11) is 0. The van der Waals surface area contributed by atoms with E-state index in [1.807, 2.05) is 35.0 Å². The van der Waals surface area contributed by atoms with Crippen LogP contribution in [-0.2, 0) is 11.3 Å². The van der Waals surface area contributed by atoms with Crippen molar-refractivity contribution >= 4 is 22.5 Å². The van der Waals surface area contributed by atoms with Crippen LogP contribution in [0.3, 0.4) is 0 Å². The van der Waals surface area contributed by atoms with E-state index in [1.54, 1.807) is 0 Å². The van der Waals surface area contributed by atoms with Crippen LogP contribution < -0.4 is 11.5 Å². The molecule has 4 nitrogen and oxygen atoms in total. The first-order chi connectivity index (χ1) is 7.18. The summed E-state index contributed by atoms with van der Waals surface area (Å²) in [5, 5.41) is 1.08. The summed E-state index contributed by atoms with van der Waals surface area (Å²) in [5.74, 6) is -0.300. The Hall–Kier alpha value is -1.97. The molecular weight excluding hydrogens is 190 g/mol. The Kier molecular flexibility index (Phi) is 2.33. The van der Waals surface area contributed by atoms with Gasteiger partial charge in [0.15, 0.2) is 0 Å². The van der Waals surface area contributed by atoms with Gasteiger partial charge in [0.2, 0.25) is 5.91 Å². The number of hydrogen-bond acceptors (Lipinski definition) is 2. The second kappa shape index (κ2) is 3.65. The molecule has 1 heterocycles. The minimum absolute atomic E-state index is 0.300. The van der Waals surface area contributed by atoms with Crippen LogP contribution in [0.1, 0.15) is 6.42 Å². The summed E-state index contributed by atoms with van der Waals surface area (Å²) in [5.41, 5.74) is 12.7. The number of benzene rings is 1. The number of carbonyl (C=O) groups is 1. The molecule has 0 atom stereocenters. The fraction of sp³-hybridized carbons (Fsp3) is 0.182. The first-order valence-corrected chi connectivity index (χ1v) is 4.80. The zero-order chi connectivity index (χ0) is 10.8. The number of amides is 1. The summed E-state index contributed by atoms with van der Waals surface area (Å²) in [6.45, 7) is 0.576. The van der Waals surface area contributed by atoms with Gasteiger partial charge in [-0.1, -0.05) is 12.1 Å². The number of fused-ring (bicyclic) bond motifs is 1. The molecule has 0 unspecified atom stereocenters. The fourth-order valence-electron chi connectivity index (χ4n) is 1.71. The average Bonchev–Trinajstić information content (AvgIpc) is 2.59. The van der Waals surface area contributed by atoms with Crippen LogP contribution in [0.5, 0.6) is 0 Å². The van der Waals surface area contributed by atoms with Gasteiger partial charge in [0.05, 0.1) is 11.2 Å². The molecule has 0 saturated heterocycles. The van der Waals surface area contributed by atoms with Crippen LogP contribution in [0.2, 0.25) is 0 Å². The summed E-state index contributed by atoms with van der Waals surface area (Å²) < 4.78 is 1.95. The largest absolute Gasteiger partial charge is 0.397 e. The van der Waals surface area contributed by atoms with Gasteiger partial charge >= 0.3 is 0 Å². The zero-order valence-corrected chi connectivity index (χ0v) is 8.31. The number of aryl methyl sites for hydroxylation is 1. The topological polar surface area (TPSA) is 74.0 Å². The Bertz CT molecular complexity index is 502. The van der Waals surface area contributed by atoms with Crippen LogP contribution >= 0.6 is 0 Å². The lowest BCUT2D eigenvalue weighted by Crippen LogP contribution is -2.13. The molecule has 1 aromatic carbocycles. The third-order valence-corrected chi connectivity index (χ3v) is 2.42. The van der Waals surface area contributed by atoms with E-state index >= 15 is 0 Å². The second-order valence-corrected chi connectivity index (χ2v) is 3.51. The molecule has 4 heteroatoms. The van der Waals surface area contributed by atoms with Crippen LogP contribution in [0.15, 0.2) is 30.5 Å². The lowest BCUT2D eigenvalue weighted by atomic mass is 10.2. The Balaban J connectivity index is 2.39. The van der Waals surface area contributed by atoms with E-state index < -0.39 is 0 Å². The van der Waals surface area contributed by atoms with Gasteiger partial charge in [-0.15, -0.1) is 0 Å². The lowest BCUT2D eigenvalue weighted by molar-refractivity contribution is -0.118. The van der Waals surface area contributed by atoms with Gasteiger partial charge in [0.1, 0.15) is 0 Å². The summed E-state index contributed by atoms with van der Waals surface area (Å²) in [4.78, 5) is 10.7. The first kappa shape index (κ1) is 9.58. The standard InChI is InChI=1S/C11H13N3O/c12-9-3-1-2-8-4-6-14(11(8)9)7-5-10(13)15/h1-4,6H,5,7,12H2,(H2,13,15). The molecule has 0 aliphatic heterocycles. The van der Waals surface area contributed by atoms with Gasteiger partial charge < -0.3 is 16.0 Å². The Morgan fingerprint density at radius 1 is 1.33 bits per heavy atom. The Morgan fingerprint density at radius 3 is 2.87 bits per heavy atom. The highest BCUT2D eigenvalue weighted by atomic mass is 16.1. The van der Waals surface area contributed by atoms with E-state index in [1.165, 1.54) is 0 Å². The number of nitrogen functional groups attached to an aromatic ring is 1. The highest BCUT2D eigenvalue weighted by Gasteiger charge is 2.04. The minimum Gasteiger partial charge on any atom is -0.397 e. The maximum Gasteiger partial charge on any atom is 0.219 e. The number of carbonyl (C=O) groups excluding carboxylic acids is 1. The molecule has 1 amide bonds. The quantitative estimate of drug-likeness (QED) is 0.733. The number of primary amides is 1. The number of aromatic nitrogens is 1. The van der Waals surface area contributed by atoms with Crippen molar-refractivity contribution in [3.05, 3.63) is 30.5 Å². The predicted octanol–water partition coefficient (Wildman–Crippen LogP) is 1.10. The molecule has 0 aliphatic carbocycles. The van der Waals surface area contributed by atoms with Crippen molar-refractivity contribution in [2.24, 2.45) is 5.73 Å². The van der Waals surface area contributed by atoms with Gasteiger partial charge in [-0.05, 0) is 12.1 Å². The van der Waals surface area contributed by atoms with Crippen LogP contribution in [0.25, 0.3) is 10.9 Å². The van der Waals surface area contributed by atoms with Gasteiger partial charge in [0.25, 0.3) is 0 Å². The normalized spacial score (nSPS) is 10.7. The van der Waals surface area contributed by atoms with Gasteiger partial charge in [-0.3, -0.25) is 4.79 Å². The third kappa shape index (κ3) is 1.79. The molecule has 1 aromatic heterocycles. The Labute approximate surface area is 87.5 Å². The van der Waals surface area contributed by atoms with Crippen molar-refractivity contribution in [3.63, 3.8) is 0 Å². The molecule has 0 bridgehead atoms. The fourth-order valence-corrected chi connectivity index (χ4v) is 1.71. The van der Waals surface area contributed by atoms with Crippen molar-refractivity contribution < 1.29 is 4.79 Å². The Morgan fingerprint density at radius 2 is 2.13 bits per heavy atom. The van der Waals surface area contributed by atoms with E-state index in [4.69, 9.17) is 11.5 Å². The van der Waals surface area contributed by atoms with Crippen molar-refractivity contribution in [1.29, 1.82) is 0 Å². The molecule has 15 heavy (non-hydrogen) atoms. The maximum absolute atomic E-state index is 10.7. The highest BCUT2D eigenvalue weighted by molar-refractivity contribution is 5.90. The van der Waals surface area contributed by atoms with Crippen LogP contribution in [0, 0.1) is 0 Å². The van der Waals surface area contributed by atoms with Crippen molar-refractivity contribution in [3.8, 4) is 0 Å². The summed E-state index contributed by atoms with van der Waals surface area (Å²) in [6, 6.07) is 7.73. The number of anilines is 1. The SMILES string of the molecule is NC(=O)CCn1ccc2cccc(N)c21. The number of hydrogen-bond donors (Lipinski definition) is 2. The number of para-hydroxylation sites is 1. The smallest absolute Gasteiger partial charge is 0.219 e. The van der Waals surface area contributed by atoms with Crippen molar-refractivity contribution in [1.82, 2.24) is 4.57 Å². The molecule has 4 N–H and O–H groups in total. The third-order valence-electron chi connectivity index (χ3n) is 2.42.